The SMILES string of the molecule is CN(C(=O)/C=C/c1cnc[nH]1)[C@@H]1CCC[C@@H](Oc2ccccc2)[C@@H]1O. The molecule has 1 heterocycles. The van der Waals surface area contributed by atoms with Crippen LogP contribution in [0, 0.1) is 0 Å². The normalized spacial score (nSPS) is 23.5. The number of carbonyl (C=O) groups is 1. The van der Waals surface area contributed by atoms with E-state index < -0.39 is 6.10 Å². The Hall–Kier alpha value is -2.60. The summed E-state index contributed by atoms with van der Waals surface area (Å²) in [6, 6.07) is 9.21. The van der Waals surface area contributed by atoms with Crippen LogP contribution in [0.5, 0.6) is 5.75 Å². The molecule has 1 aromatic carbocycles. The molecule has 1 aromatic heterocycles. The minimum Gasteiger partial charge on any atom is -0.488 e. The second-order valence-corrected chi connectivity index (χ2v) is 6.25. The van der Waals surface area contributed by atoms with E-state index in [1.807, 2.05) is 30.3 Å². The lowest BCUT2D eigenvalue weighted by Gasteiger charge is -2.39. The lowest BCUT2D eigenvalue weighted by molar-refractivity contribution is -0.132. The maximum atomic E-state index is 12.4. The van der Waals surface area contributed by atoms with E-state index in [-0.39, 0.29) is 18.1 Å². The third-order valence-corrected chi connectivity index (χ3v) is 4.56. The number of para-hydroxylation sites is 1. The van der Waals surface area contributed by atoms with Gasteiger partial charge in [0.15, 0.2) is 0 Å². The van der Waals surface area contributed by atoms with Gasteiger partial charge in [0, 0.05) is 13.1 Å². The lowest BCUT2D eigenvalue weighted by atomic mass is 9.89. The Morgan fingerprint density at radius 2 is 2.16 bits per heavy atom. The van der Waals surface area contributed by atoms with Crippen molar-refractivity contribution in [3.63, 3.8) is 0 Å². The second-order valence-electron chi connectivity index (χ2n) is 6.25. The number of nitrogens with one attached hydrogen (secondary N) is 1. The number of imidazole rings is 1. The first-order valence-electron chi connectivity index (χ1n) is 8.48. The number of likely N-dealkylation sites (N-methyl/N-ethyl adjacent to an activating group) is 1. The molecule has 25 heavy (non-hydrogen) atoms. The third-order valence-electron chi connectivity index (χ3n) is 4.56. The summed E-state index contributed by atoms with van der Waals surface area (Å²) in [6.45, 7) is 0. The molecule has 1 amide bonds. The van der Waals surface area contributed by atoms with Crippen molar-refractivity contribution in [2.24, 2.45) is 0 Å². The fourth-order valence-corrected chi connectivity index (χ4v) is 3.14. The van der Waals surface area contributed by atoms with Gasteiger partial charge in [-0.3, -0.25) is 4.79 Å². The fraction of sp³-hybridized carbons (Fsp3) is 0.368. The molecule has 0 saturated heterocycles. The number of hydrogen-bond donors (Lipinski definition) is 2. The minimum atomic E-state index is -0.719. The molecule has 2 N–H and O–H groups in total. The highest BCUT2D eigenvalue weighted by Gasteiger charge is 2.36. The van der Waals surface area contributed by atoms with Crippen molar-refractivity contribution in [3.05, 3.63) is 54.6 Å². The van der Waals surface area contributed by atoms with Crippen LogP contribution in [-0.4, -0.2) is 51.2 Å². The van der Waals surface area contributed by atoms with E-state index in [0.717, 1.165) is 30.7 Å². The number of amides is 1. The van der Waals surface area contributed by atoms with Gasteiger partial charge in [0.2, 0.25) is 5.91 Å². The molecule has 0 aliphatic heterocycles. The number of rotatable bonds is 5. The molecular formula is C19H23N3O3. The van der Waals surface area contributed by atoms with Gasteiger partial charge in [-0.2, -0.15) is 0 Å². The van der Waals surface area contributed by atoms with E-state index in [0.29, 0.717) is 0 Å². The molecule has 6 heteroatoms. The number of ether oxygens (including phenoxy) is 1. The first-order valence-corrected chi connectivity index (χ1v) is 8.48. The Morgan fingerprint density at radius 3 is 2.88 bits per heavy atom. The minimum absolute atomic E-state index is 0.154. The van der Waals surface area contributed by atoms with Gasteiger partial charge in [-0.25, -0.2) is 4.98 Å². The van der Waals surface area contributed by atoms with Crippen LogP contribution < -0.4 is 4.74 Å². The smallest absolute Gasteiger partial charge is 0.246 e. The lowest BCUT2D eigenvalue weighted by Crippen LogP contribution is -2.53. The average Bonchev–Trinajstić information content (AvgIpc) is 3.15. The van der Waals surface area contributed by atoms with E-state index in [1.165, 1.54) is 6.08 Å². The predicted octanol–water partition coefficient (Wildman–Crippen LogP) is 2.24. The summed E-state index contributed by atoms with van der Waals surface area (Å²) in [7, 11) is 1.72. The molecule has 0 unspecified atom stereocenters. The van der Waals surface area contributed by atoms with Gasteiger partial charge in [0.1, 0.15) is 18.0 Å². The van der Waals surface area contributed by atoms with Crippen LogP contribution in [0.15, 0.2) is 48.9 Å². The summed E-state index contributed by atoms with van der Waals surface area (Å²) in [5.41, 5.74) is 0.760. The number of nitrogens with zero attached hydrogens (tertiary/aromatic N) is 2. The van der Waals surface area contributed by atoms with Crippen molar-refractivity contribution in [3.8, 4) is 5.75 Å². The Balaban J connectivity index is 1.63. The van der Waals surface area contributed by atoms with Crippen LogP contribution in [-0.2, 0) is 4.79 Å². The van der Waals surface area contributed by atoms with Gasteiger partial charge in [0.25, 0.3) is 0 Å². The summed E-state index contributed by atoms with van der Waals surface area (Å²) < 4.78 is 5.93. The molecule has 1 aliphatic rings. The number of aromatic amines is 1. The van der Waals surface area contributed by atoms with Crippen molar-refractivity contribution in [2.75, 3.05) is 7.05 Å². The molecule has 132 valence electrons. The second kappa shape index (κ2) is 7.98. The zero-order chi connectivity index (χ0) is 17.6. The van der Waals surface area contributed by atoms with Gasteiger partial charge in [-0.1, -0.05) is 18.2 Å². The summed E-state index contributed by atoms with van der Waals surface area (Å²) in [4.78, 5) is 20.8. The zero-order valence-electron chi connectivity index (χ0n) is 14.2. The summed E-state index contributed by atoms with van der Waals surface area (Å²) >= 11 is 0. The molecule has 6 nitrogen and oxygen atoms in total. The number of aliphatic hydroxyl groups is 1. The molecule has 0 radical (unpaired) electrons. The Kier molecular flexibility index (Phi) is 5.50. The van der Waals surface area contributed by atoms with Crippen LogP contribution in [0.1, 0.15) is 25.0 Å². The highest BCUT2D eigenvalue weighted by atomic mass is 16.5. The molecule has 2 aromatic rings. The number of aromatic nitrogens is 2. The maximum absolute atomic E-state index is 12.4. The van der Waals surface area contributed by atoms with Gasteiger partial charge < -0.3 is 19.7 Å². The van der Waals surface area contributed by atoms with Crippen LogP contribution in [0.2, 0.25) is 0 Å². The highest BCUT2D eigenvalue weighted by Crippen LogP contribution is 2.27. The number of carbonyl (C=O) groups excluding carboxylic acids is 1. The number of hydrogen-bond acceptors (Lipinski definition) is 4. The molecule has 1 saturated carbocycles. The first-order chi connectivity index (χ1) is 12.1. The molecular weight excluding hydrogens is 318 g/mol. The molecule has 3 atom stereocenters. The third kappa shape index (κ3) is 4.28. The van der Waals surface area contributed by atoms with E-state index >= 15 is 0 Å². The van der Waals surface area contributed by atoms with Crippen LogP contribution in [0.25, 0.3) is 6.08 Å². The molecule has 1 fully saturated rings. The Bertz CT molecular complexity index is 700. The fourth-order valence-electron chi connectivity index (χ4n) is 3.14. The number of benzene rings is 1. The molecule has 3 rings (SSSR count). The molecule has 0 spiro atoms. The monoisotopic (exact) mass is 341 g/mol. The van der Waals surface area contributed by atoms with Crippen molar-refractivity contribution in [2.45, 2.75) is 37.5 Å². The van der Waals surface area contributed by atoms with Gasteiger partial charge >= 0.3 is 0 Å². The van der Waals surface area contributed by atoms with Crippen molar-refractivity contribution in [1.82, 2.24) is 14.9 Å². The largest absolute Gasteiger partial charge is 0.488 e. The average molecular weight is 341 g/mol. The first kappa shape index (κ1) is 17.2. The quantitative estimate of drug-likeness (QED) is 0.818. The van der Waals surface area contributed by atoms with Crippen LogP contribution in [0.4, 0.5) is 0 Å². The summed E-state index contributed by atoms with van der Waals surface area (Å²) in [6.07, 6.45) is 7.78. The number of aliphatic hydroxyl groups excluding tert-OH is 1. The summed E-state index contributed by atoms with van der Waals surface area (Å²) in [5, 5.41) is 10.7. The molecule has 0 bridgehead atoms. The zero-order valence-corrected chi connectivity index (χ0v) is 14.2. The van der Waals surface area contributed by atoms with Gasteiger partial charge in [-0.05, 0) is 37.5 Å². The highest BCUT2D eigenvalue weighted by molar-refractivity contribution is 5.91. The van der Waals surface area contributed by atoms with E-state index in [4.69, 9.17) is 4.74 Å². The van der Waals surface area contributed by atoms with E-state index in [1.54, 1.807) is 30.5 Å². The number of H-pyrrole nitrogens is 1. The van der Waals surface area contributed by atoms with Crippen molar-refractivity contribution < 1.29 is 14.6 Å². The van der Waals surface area contributed by atoms with Gasteiger partial charge in [-0.15, -0.1) is 0 Å². The van der Waals surface area contributed by atoms with Crippen LogP contribution in [0.3, 0.4) is 0 Å². The van der Waals surface area contributed by atoms with E-state index in [2.05, 4.69) is 9.97 Å². The van der Waals surface area contributed by atoms with Crippen molar-refractivity contribution in [1.29, 1.82) is 0 Å². The van der Waals surface area contributed by atoms with Gasteiger partial charge in [0.05, 0.1) is 24.3 Å². The predicted molar refractivity (Wildman–Crippen MR) is 94.9 cm³/mol. The summed E-state index contributed by atoms with van der Waals surface area (Å²) in [5.74, 6) is 0.583. The maximum Gasteiger partial charge on any atom is 0.246 e. The van der Waals surface area contributed by atoms with Crippen molar-refractivity contribution >= 4 is 12.0 Å². The molecule has 1 aliphatic carbocycles. The Morgan fingerprint density at radius 1 is 1.36 bits per heavy atom. The standard InChI is InChI=1S/C19H23N3O3/c1-22(18(23)11-10-14-12-20-13-21-14)16-8-5-9-17(19(16)24)25-15-6-3-2-4-7-15/h2-4,6-7,10-13,16-17,19,24H,5,8-9H2,1H3,(H,20,21)/b11-10+/t16-,17-,19-/m1/s1. The topological polar surface area (TPSA) is 78.5 Å². The van der Waals surface area contributed by atoms with E-state index in [9.17, 15) is 9.90 Å². The van der Waals surface area contributed by atoms with Crippen LogP contribution >= 0.6 is 0 Å². The Labute approximate surface area is 147 Å².